The molecule has 4 nitrogen and oxygen atoms in total. The highest BCUT2D eigenvalue weighted by molar-refractivity contribution is 6.28. The maximum atomic E-state index is 13.1. The highest BCUT2D eigenvalue weighted by Crippen LogP contribution is 2.08. The van der Waals surface area contributed by atoms with Crippen LogP contribution in [0.4, 0.5) is 4.39 Å². The number of aromatic nitrogens is 2. The Morgan fingerprint density at radius 3 is 2.87 bits per heavy atom. The maximum Gasteiger partial charge on any atom is 0.223 e. The summed E-state index contributed by atoms with van der Waals surface area (Å²) in [5.74, 6) is -1.33. The van der Waals surface area contributed by atoms with Crippen LogP contribution in [0.15, 0.2) is 18.5 Å². The van der Waals surface area contributed by atoms with Gasteiger partial charge in [0.05, 0.1) is 6.20 Å². The molecule has 1 heterocycles. The SMILES string of the molecule is CN(C)/C=C/C(=O)c1nc(Cl)ncc1F. The molecule has 0 saturated carbocycles. The second-order valence-electron chi connectivity index (χ2n) is 2.98. The molecule has 0 aliphatic rings. The average Bonchev–Trinajstić information content (AvgIpc) is 2.18. The van der Waals surface area contributed by atoms with E-state index < -0.39 is 11.6 Å². The van der Waals surface area contributed by atoms with E-state index in [2.05, 4.69) is 9.97 Å². The van der Waals surface area contributed by atoms with Crippen molar-refractivity contribution in [2.45, 2.75) is 0 Å². The van der Waals surface area contributed by atoms with Gasteiger partial charge in [-0.1, -0.05) is 0 Å². The second kappa shape index (κ2) is 4.84. The van der Waals surface area contributed by atoms with Crippen molar-refractivity contribution >= 4 is 17.4 Å². The molecule has 0 atom stereocenters. The number of carbonyl (C=O) groups is 1. The van der Waals surface area contributed by atoms with E-state index in [1.807, 2.05) is 0 Å². The fourth-order valence-electron chi connectivity index (χ4n) is 0.814. The molecule has 80 valence electrons. The van der Waals surface area contributed by atoms with E-state index in [0.717, 1.165) is 6.20 Å². The zero-order valence-electron chi connectivity index (χ0n) is 8.24. The molecule has 0 unspecified atom stereocenters. The molecule has 0 saturated heterocycles. The Morgan fingerprint density at radius 1 is 1.60 bits per heavy atom. The van der Waals surface area contributed by atoms with Crippen molar-refractivity contribution in [3.63, 3.8) is 0 Å². The molecule has 0 fully saturated rings. The minimum Gasteiger partial charge on any atom is -0.383 e. The first kappa shape index (κ1) is 11.6. The van der Waals surface area contributed by atoms with Gasteiger partial charge in [-0.15, -0.1) is 0 Å². The summed E-state index contributed by atoms with van der Waals surface area (Å²) in [5, 5.41) is -0.155. The Balaban J connectivity index is 2.96. The summed E-state index contributed by atoms with van der Waals surface area (Å²) < 4.78 is 13.1. The summed E-state index contributed by atoms with van der Waals surface area (Å²) >= 11 is 5.45. The van der Waals surface area contributed by atoms with Gasteiger partial charge >= 0.3 is 0 Å². The Kier molecular flexibility index (Phi) is 3.74. The Bertz CT molecular complexity index is 406. The first-order valence-electron chi connectivity index (χ1n) is 4.07. The molecule has 0 aliphatic heterocycles. The number of halogens is 2. The normalized spacial score (nSPS) is 10.7. The summed E-state index contributed by atoms with van der Waals surface area (Å²) in [5.41, 5.74) is -0.326. The van der Waals surface area contributed by atoms with Crippen LogP contribution in [0.2, 0.25) is 5.28 Å². The van der Waals surface area contributed by atoms with Crippen LogP contribution in [-0.2, 0) is 0 Å². The highest BCUT2D eigenvalue weighted by Gasteiger charge is 2.12. The zero-order valence-corrected chi connectivity index (χ0v) is 8.99. The van der Waals surface area contributed by atoms with Crippen molar-refractivity contribution in [1.82, 2.24) is 14.9 Å². The van der Waals surface area contributed by atoms with Crippen molar-refractivity contribution < 1.29 is 9.18 Å². The number of hydrogen-bond acceptors (Lipinski definition) is 4. The molecule has 15 heavy (non-hydrogen) atoms. The number of allylic oxidation sites excluding steroid dienone is 1. The van der Waals surface area contributed by atoms with Crippen LogP contribution in [-0.4, -0.2) is 34.7 Å². The second-order valence-corrected chi connectivity index (χ2v) is 3.32. The number of carbonyl (C=O) groups excluding carboxylic acids is 1. The van der Waals surface area contributed by atoms with Crippen LogP contribution in [0, 0.1) is 5.82 Å². The predicted molar refractivity (Wildman–Crippen MR) is 54.2 cm³/mol. The molecule has 1 aromatic heterocycles. The van der Waals surface area contributed by atoms with Gasteiger partial charge in [0.25, 0.3) is 0 Å². The first-order chi connectivity index (χ1) is 7.00. The lowest BCUT2D eigenvalue weighted by Gasteiger charge is -2.02. The van der Waals surface area contributed by atoms with Gasteiger partial charge in [-0.2, -0.15) is 0 Å². The predicted octanol–water partition coefficient (Wildman–Crippen LogP) is 1.53. The average molecular weight is 230 g/mol. The fraction of sp³-hybridized carbons (Fsp3) is 0.222. The van der Waals surface area contributed by atoms with E-state index in [1.54, 1.807) is 19.0 Å². The van der Waals surface area contributed by atoms with Gasteiger partial charge in [0.15, 0.2) is 11.5 Å². The first-order valence-corrected chi connectivity index (χ1v) is 4.45. The van der Waals surface area contributed by atoms with Crippen molar-refractivity contribution in [2.75, 3.05) is 14.1 Å². The van der Waals surface area contributed by atoms with E-state index in [9.17, 15) is 9.18 Å². The zero-order chi connectivity index (χ0) is 11.4. The standard InChI is InChI=1S/C9H9ClFN3O/c1-14(2)4-3-7(15)8-6(11)5-12-9(10)13-8/h3-5H,1-2H3/b4-3+. The van der Waals surface area contributed by atoms with Crippen LogP contribution in [0.1, 0.15) is 10.5 Å². The van der Waals surface area contributed by atoms with Gasteiger partial charge in [0.1, 0.15) is 0 Å². The molecule has 0 bridgehead atoms. The van der Waals surface area contributed by atoms with E-state index in [4.69, 9.17) is 11.6 Å². The lowest BCUT2D eigenvalue weighted by Crippen LogP contribution is -2.07. The van der Waals surface area contributed by atoms with Crippen LogP contribution < -0.4 is 0 Å². The molecule has 0 spiro atoms. The smallest absolute Gasteiger partial charge is 0.223 e. The van der Waals surface area contributed by atoms with Crippen LogP contribution >= 0.6 is 11.6 Å². The Labute approximate surface area is 91.4 Å². The Hall–Kier alpha value is -1.49. The van der Waals surface area contributed by atoms with Crippen LogP contribution in [0.3, 0.4) is 0 Å². The summed E-state index contributed by atoms with van der Waals surface area (Å²) in [6.45, 7) is 0. The van der Waals surface area contributed by atoms with Crippen LogP contribution in [0.5, 0.6) is 0 Å². The molecule has 0 N–H and O–H groups in total. The minimum atomic E-state index is -0.784. The topological polar surface area (TPSA) is 46.1 Å². The molecule has 0 aromatic carbocycles. The number of rotatable bonds is 3. The monoisotopic (exact) mass is 229 g/mol. The minimum absolute atomic E-state index is 0.155. The van der Waals surface area contributed by atoms with Crippen molar-refractivity contribution in [1.29, 1.82) is 0 Å². The third kappa shape index (κ3) is 3.28. The third-order valence-electron chi connectivity index (χ3n) is 1.47. The van der Waals surface area contributed by atoms with Gasteiger partial charge in [-0.3, -0.25) is 4.79 Å². The fourth-order valence-corrected chi connectivity index (χ4v) is 0.947. The highest BCUT2D eigenvalue weighted by atomic mass is 35.5. The molecule has 0 radical (unpaired) electrons. The van der Waals surface area contributed by atoms with Crippen molar-refractivity contribution in [3.05, 3.63) is 35.3 Å². The number of ketones is 1. The van der Waals surface area contributed by atoms with Crippen molar-refractivity contribution in [3.8, 4) is 0 Å². The van der Waals surface area contributed by atoms with E-state index >= 15 is 0 Å². The summed E-state index contributed by atoms with van der Waals surface area (Å²) in [4.78, 5) is 20.0. The number of nitrogens with zero attached hydrogens (tertiary/aromatic N) is 3. The summed E-state index contributed by atoms with van der Waals surface area (Å²) in [7, 11) is 3.49. The van der Waals surface area contributed by atoms with E-state index in [-0.39, 0.29) is 11.0 Å². The quantitative estimate of drug-likeness (QED) is 0.448. The lowest BCUT2D eigenvalue weighted by atomic mass is 10.2. The third-order valence-corrected chi connectivity index (χ3v) is 1.65. The van der Waals surface area contributed by atoms with Gasteiger partial charge in [-0.05, 0) is 11.6 Å². The molecule has 1 aromatic rings. The van der Waals surface area contributed by atoms with E-state index in [1.165, 1.54) is 12.3 Å². The van der Waals surface area contributed by atoms with Gasteiger partial charge < -0.3 is 4.90 Å². The molecular weight excluding hydrogens is 221 g/mol. The maximum absolute atomic E-state index is 13.1. The van der Waals surface area contributed by atoms with Crippen LogP contribution in [0.25, 0.3) is 0 Å². The molecular formula is C9H9ClFN3O. The lowest BCUT2D eigenvalue weighted by molar-refractivity contribution is 0.103. The largest absolute Gasteiger partial charge is 0.383 e. The molecule has 0 amide bonds. The summed E-state index contributed by atoms with van der Waals surface area (Å²) in [6.07, 6.45) is 3.57. The Morgan fingerprint density at radius 2 is 2.27 bits per heavy atom. The molecule has 0 aliphatic carbocycles. The summed E-state index contributed by atoms with van der Waals surface area (Å²) in [6, 6.07) is 0. The van der Waals surface area contributed by atoms with E-state index in [0.29, 0.717) is 0 Å². The van der Waals surface area contributed by atoms with Gasteiger partial charge in [0, 0.05) is 26.4 Å². The molecule has 6 heteroatoms. The van der Waals surface area contributed by atoms with Gasteiger partial charge in [0.2, 0.25) is 11.1 Å². The number of hydrogen-bond donors (Lipinski definition) is 0. The van der Waals surface area contributed by atoms with Crippen molar-refractivity contribution in [2.24, 2.45) is 0 Å². The molecule has 1 rings (SSSR count). The van der Waals surface area contributed by atoms with Gasteiger partial charge in [-0.25, -0.2) is 14.4 Å².